The lowest BCUT2D eigenvalue weighted by Gasteiger charge is -2.11. The minimum atomic E-state index is 0.379. The third-order valence-corrected chi connectivity index (χ3v) is 3.82. The molecule has 6 heteroatoms. The lowest BCUT2D eigenvalue weighted by atomic mass is 10.1. The molecular formula is C15H21N3O2S. The smallest absolute Gasteiger partial charge is 0.161 e. The molecule has 0 spiro atoms. The zero-order valence-corrected chi connectivity index (χ0v) is 13.5. The molecule has 2 aromatic rings. The van der Waals surface area contributed by atoms with Crippen molar-refractivity contribution in [3.05, 3.63) is 29.5 Å². The molecule has 0 fully saturated rings. The highest BCUT2D eigenvalue weighted by molar-refractivity contribution is 7.10. The number of anilines is 1. The van der Waals surface area contributed by atoms with Crippen LogP contribution < -0.4 is 14.8 Å². The summed E-state index contributed by atoms with van der Waals surface area (Å²) in [6.07, 6.45) is 2.03. The van der Waals surface area contributed by atoms with Crippen molar-refractivity contribution in [3.8, 4) is 11.5 Å². The summed E-state index contributed by atoms with van der Waals surface area (Å²) in [5.41, 5.74) is 2.05. The number of methoxy groups -OCH3 is 1. The van der Waals surface area contributed by atoms with Crippen molar-refractivity contribution in [3.63, 3.8) is 0 Å². The Morgan fingerprint density at radius 2 is 2.10 bits per heavy atom. The lowest BCUT2D eigenvalue weighted by molar-refractivity contribution is 0.281. The van der Waals surface area contributed by atoms with Crippen LogP contribution in [0.3, 0.4) is 0 Å². The number of hydrogen-bond donors (Lipinski definition) is 1. The maximum atomic E-state index is 5.83. The average Bonchev–Trinajstić information content (AvgIpc) is 2.98. The molecule has 0 amide bonds. The van der Waals surface area contributed by atoms with E-state index in [0.717, 1.165) is 41.6 Å². The molecule has 0 radical (unpaired) electrons. The maximum Gasteiger partial charge on any atom is 0.161 e. The van der Waals surface area contributed by atoms with Gasteiger partial charge in [-0.2, -0.15) is 0 Å². The van der Waals surface area contributed by atoms with Gasteiger partial charge in [0.2, 0.25) is 0 Å². The van der Waals surface area contributed by atoms with Crippen LogP contribution >= 0.6 is 11.5 Å². The maximum absolute atomic E-state index is 5.83. The predicted molar refractivity (Wildman–Crippen MR) is 85.4 cm³/mol. The second kappa shape index (κ2) is 7.83. The van der Waals surface area contributed by atoms with Gasteiger partial charge in [-0.1, -0.05) is 24.4 Å². The largest absolute Gasteiger partial charge is 0.493 e. The molecule has 0 saturated carbocycles. The van der Waals surface area contributed by atoms with Gasteiger partial charge in [0.15, 0.2) is 11.5 Å². The van der Waals surface area contributed by atoms with Gasteiger partial charge in [-0.3, -0.25) is 0 Å². The Balaban J connectivity index is 2.04. The van der Waals surface area contributed by atoms with E-state index in [1.54, 1.807) is 7.11 Å². The molecule has 0 saturated heterocycles. The Labute approximate surface area is 129 Å². The predicted octanol–water partition coefficient (Wildman–Crippen LogP) is 3.51. The summed E-state index contributed by atoms with van der Waals surface area (Å²) in [5.74, 6) is 1.48. The molecule has 114 valence electrons. The summed E-state index contributed by atoms with van der Waals surface area (Å²) < 4.78 is 15.2. The van der Waals surface area contributed by atoms with Crippen LogP contribution in [0.2, 0.25) is 0 Å². The van der Waals surface area contributed by atoms with Crippen molar-refractivity contribution in [1.82, 2.24) is 9.59 Å². The van der Waals surface area contributed by atoms with E-state index in [-0.39, 0.29) is 0 Å². The monoisotopic (exact) mass is 307 g/mol. The van der Waals surface area contributed by atoms with Gasteiger partial charge in [-0.15, -0.1) is 5.10 Å². The number of rotatable bonds is 8. The number of aryl methyl sites for hydroxylation is 1. The van der Waals surface area contributed by atoms with Gasteiger partial charge in [0.1, 0.15) is 17.3 Å². The molecule has 0 bridgehead atoms. The number of hydrogen-bond acceptors (Lipinski definition) is 6. The van der Waals surface area contributed by atoms with E-state index in [1.807, 2.05) is 18.2 Å². The van der Waals surface area contributed by atoms with E-state index in [4.69, 9.17) is 9.47 Å². The number of nitrogens with one attached hydrogen (secondary N) is 1. The zero-order chi connectivity index (χ0) is 15.1. The van der Waals surface area contributed by atoms with E-state index in [0.29, 0.717) is 6.61 Å². The molecule has 0 aliphatic carbocycles. The van der Waals surface area contributed by atoms with E-state index in [1.165, 1.54) is 17.1 Å². The second-order valence-electron chi connectivity index (χ2n) is 4.60. The number of benzene rings is 1. The second-order valence-corrected chi connectivity index (χ2v) is 5.36. The molecule has 1 heterocycles. The average molecular weight is 307 g/mol. The zero-order valence-electron chi connectivity index (χ0n) is 12.7. The first-order chi connectivity index (χ1) is 10.3. The molecule has 1 aromatic heterocycles. The fourth-order valence-electron chi connectivity index (χ4n) is 1.87. The first kappa shape index (κ1) is 15.6. The molecule has 5 nitrogen and oxygen atoms in total. The topological polar surface area (TPSA) is 56.3 Å². The van der Waals surface area contributed by atoms with Crippen LogP contribution in [0.1, 0.15) is 31.5 Å². The number of ether oxygens (including phenoxy) is 2. The van der Waals surface area contributed by atoms with Crippen molar-refractivity contribution in [1.29, 1.82) is 0 Å². The van der Waals surface area contributed by atoms with Crippen LogP contribution in [-0.2, 0) is 13.0 Å². The third kappa shape index (κ3) is 4.07. The van der Waals surface area contributed by atoms with Crippen molar-refractivity contribution >= 4 is 16.5 Å². The Hall–Kier alpha value is -1.82. The molecule has 0 unspecified atom stereocenters. The van der Waals surface area contributed by atoms with Crippen molar-refractivity contribution in [2.75, 3.05) is 19.0 Å². The Morgan fingerprint density at radius 3 is 2.81 bits per heavy atom. The van der Waals surface area contributed by atoms with Crippen LogP contribution in [0.5, 0.6) is 11.5 Å². The third-order valence-electron chi connectivity index (χ3n) is 3.09. The minimum Gasteiger partial charge on any atom is -0.493 e. The molecule has 0 aliphatic rings. The molecule has 2 rings (SSSR count). The molecule has 21 heavy (non-hydrogen) atoms. The summed E-state index contributed by atoms with van der Waals surface area (Å²) in [4.78, 5) is 0. The summed E-state index contributed by atoms with van der Waals surface area (Å²) in [6, 6.07) is 5.99. The van der Waals surface area contributed by atoms with Crippen molar-refractivity contribution in [2.24, 2.45) is 0 Å². The Bertz CT molecular complexity index is 572. The number of aromatic nitrogens is 2. The van der Waals surface area contributed by atoms with Gasteiger partial charge in [-0.05, 0) is 30.5 Å². The van der Waals surface area contributed by atoms with Gasteiger partial charge in [0.05, 0.1) is 7.11 Å². The number of nitrogens with zero attached hydrogens (tertiary/aromatic N) is 2. The van der Waals surface area contributed by atoms with Gasteiger partial charge >= 0.3 is 0 Å². The molecule has 0 atom stereocenters. The van der Waals surface area contributed by atoms with Gasteiger partial charge in [-0.25, -0.2) is 0 Å². The fourth-order valence-corrected chi connectivity index (χ4v) is 2.47. The van der Waals surface area contributed by atoms with Gasteiger partial charge < -0.3 is 14.8 Å². The van der Waals surface area contributed by atoms with Crippen LogP contribution in [0, 0.1) is 0 Å². The molecule has 0 aliphatic heterocycles. The Morgan fingerprint density at radius 1 is 1.24 bits per heavy atom. The van der Waals surface area contributed by atoms with E-state index in [2.05, 4.69) is 28.8 Å². The van der Waals surface area contributed by atoms with E-state index >= 15 is 0 Å². The SMILES string of the molecule is CCCNc1snnc1COc1ccc(CC)cc1OC. The molecular weight excluding hydrogens is 286 g/mol. The minimum absolute atomic E-state index is 0.379. The van der Waals surface area contributed by atoms with Gasteiger partial charge in [0.25, 0.3) is 0 Å². The highest BCUT2D eigenvalue weighted by atomic mass is 32.1. The summed E-state index contributed by atoms with van der Waals surface area (Å²) in [5, 5.41) is 8.40. The molecule has 1 aromatic carbocycles. The van der Waals surface area contributed by atoms with Crippen LogP contribution in [0.15, 0.2) is 18.2 Å². The molecule has 1 N–H and O–H groups in total. The quantitative estimate of drug-likeness (QED) is 0.809. The summed E-state index contributed by atoms with van der Waals surface area (Å²) >= 11 is 1.36. The highest BCUT2D eigenvalue weighted by Crippen LogP contribution is 2.29. The van der Waals surface area contributed by atoms with Crippen molar-refractivity contribution < 1.29 is 9.47 Å². The fraction of sp³-hybridized carbons (Fsp3) is 0.467. The van der Waals surface area contributed by atoms with Crippen molar-refractivity contribution in [2.45, 2.75) is 33.3 Å². The first-order valence-corrected chi connectivity index (χ1v) is 7.90. The standard InChI is InChI=1S/C15H21N3O2S/c1-4-8-16-15-12(17-18-21-15)10-20-13-7-6-11(5-2)9-14(13)19-3/h6-7,9,16H,4-5,8,10H2,1-3H3. The Kier molecular flexibility index (Phi) is 5.80. The van der Waals surface area contributed by atoms with Gasteiger partial charge in [0, 0.05) is 18.1 Å². The normalized spacial score (nSPS) is 10.4. The summed E-state index contributed by atoms with van der Waals surface area (Å²) in [6.45, 7) is 5.52. The highest BCUT2D eigenvalue weighted by Gasteiger charge is 2.10. The summed E-state index contributed by atoms with van der Waals surface area (Å²) in [7, 11) is 1.65. The van der Waals surface area contributed by atoms with Crippen LogP contribution in [-0.4, -0.2) is 23.2 Å². The lowest BCUT2D eigenvalue weighted by Crippen LogP contribution is -2.04. The first-order valence-electron chi connectivity index (χ1n) is 7.13. The van der Waals surface area contributed by atoms with E-state index < -0.39 is 0 Å². The van der Waals surface area contributed by atoms with Crippen LogP contribution in [0.4, 0.5) is 5.00 Å². The van der Waals surface area contributed by atoms with E-state index in [9.17, 15) is 0 Å². The van der Waals surface area contributed by atoms with Crippen LogP contribution in [0.25, 0.3) is 0 Å².